The summed E-state index contributed by atoms with van der Waals surface area (Å²) in [6, 6.07) is 13.0. The van der Waals surface area contributed by atoms with Crippen LogP contribution in [0.5, 0.6) is 0 Å². The summed E-state index contributed by atoms with van der Waals surface area (Å²) in [6.45, 7) is 7.45. The molecule has 0 bridgehead atoms. The van der Waals surface area contributed by atoms with Gasteiger partial charge in [0.25, 0.3) is 0 Å². The summed E-state index contributed by atoms with van der Waals surface area (Å²) >= 11 is 6.46. The van der Waals surface area contributed by atoms with Crippen molar-refractivity contribution in [3.8, 4) is 11.1 Å². The van der Waals surface area contributed by atoms with Gasteiger partial charge >= 0.3 is 0 Å². The van der Waals surface area contributed by atoms with Crippen molar-refractivity contribution in [3.63, 3.8) is 0 Å². The van der Waals surface area contributed by atoms with E-state index < -0.39 is 0 Å². The van der Waals surface area contributed by atoms with Crippen molar-refractivity contribution in [2.75, 3.05) is 6.54 Å². The third-order valence-corrected chi connectivity index (χ3v) is 4.75. The van der Waals surface area contributed by atoms with Gasteiger partial charge in [0.05, 0.1) is 0 Å². The number of nitrogens with two attached hydrogens (primary N) is 1. The molecule has 0 amide bonds. The highest BCUT2D eigenvalue weighted by molar-refractivity contribution is 6.33. The highest BCUT2D eigenvalue weighted by atomic mass is 35.5. The number of rotatable bonds is 2. The van der Waals surface area contributed by atoms with E-state index in [4.69, 9.17) is 17.3 Å². The molecule has 110 valence electrons. The van der Waals surface area contributed by atoms with E-state index in [1.165, 1.54) is 27.8 Å². The first-order chi connectivity index (χ1) is 9.93. The zero-order chi connectivity index (χ0) is 15.2. The van der Waals surface area contributed by atoms with E-state index in [1.807, 2.05) is 12.1 Å². The molecule has 0 saturated heterocycles. The first-order valence-electron chi connectivity index (χ1n) is 7.56. The fourth-order valence-corrected chi connectivity index (χ4v) is 3.59. The zero-order valence-electron chi connectivity index (χ0n) is 12.9. The molecule has 3 rings (SSSR count). The maximum Gasteiger partial charge on any atom is 0.0487 e. The Hall–Kier alpha value is -1.31. The third kappa shape index (κ3) is 2.39. The van der Waals surface area contributed by atoms with Gasteiger partial charge in [0, 0.05) is 16.5 Å². The van der Waals surface area contributed by atoms with Gasteiger partial charge in [-0.1, -0.05) is 62.7 Å². The van der Waals surface area contributed by atoms with Crippen LogP contribution in [0.15, 0.2) is 36.4 Å². The molecule has 2 aromatic rings. The fourth-order valence-electron chi connectivity index (χ4n) is 3.31. The molecule has 0 spiro atoms. The van der Waals surface area contributed by atoms with Gasteiger partial charge in [0.2, 0.25) is 0 Å². The lowest BCUT2D eigenvalue weighted by Crippen LogP contribution is -2.12. The molecule has 2 heteroatoms. The lowest BCUT2D eigenvalue weighted by atomic mass is 9.83. The van der Waals surface area contributed by atoms with Crippen molar-refractivity contribution in [1.82, 2.24) is 0 Å². The Kier molecular flexibility index (Phi) is 3.59. The maximum absolute atomic E-state index is 6.46. The molecule has 1 nitrogen and oxygen atoms in total. The summed E-state index contributed by atoms with van der Waals surface area (Å²) in [5, 5.41) is 0.844. The molecule has 0 aromatic heterocycles. The summed E-state index contributed by atoms with van der Waals surface area (Å²) in [4.78, 5) is 0. The third-order valence-electron chi connectivity index (χ3n) is 4.44. The first kappa shape index (κ1) is 14.6. The maximum atomic E-state index is 6.46. The smallest absolute Gasteiger partial charge is 0.0487 e. The molecule has 1 atom stereocenters. The number of hydrogen-bond acceptors (Lipinski definition) is 1. The van der Waals surface area contributed by atoms with Crippen LogP contribution in [0.25, 0.3) is 11.1 Å². The van der Waals surface area contributed by atoms with Gasteiger partial charge in [-0.2, -0.15) is 0 Å². The monoisotopic (exact) mass is 299 g/mol. The Labute approximate surface area is 132 Å². The lowest BCUT2D eigenvalue weighted by molar-refractivity contribution is 0.588. The Balaban J connectivity index is 2.22. The van der Waals surface area contributed by atoms with Crippen LogP contribution in [0.3, 0.4) is 0 Å². The quantitative estimate of drug-likeness (QED) is 0.820. The van der Waals surface area contributed by atoms with Gasteiger partial charge < -0.3 is 5.73 Å². The molecule has 1 aliphatic carbocycles. The van der Waals surface area contributed by atoms with Gasteiger partial charge in [-0.15, -0.1) is 0 Å². The number of halogens is 1. The van der Waals surface area contributed by atoms with E-state index in [-0.39, 0.29) is 5.41 Å². The Bertz CT molecular complexity index is 682. The van der Waals surface area contributed by atoms with Gasteiger partial charge in [-0.3, -0.25) is 0 Å². The zero-order valence-corrected chi connectivity index (χ0v) is 13.7. The summed E-state index contributed by atoms with van der Waals surface area (Å²) < 4.78 is 0. The van der Waals surface area contributed by atoms with Crippen molar-refractivity contribution in [2.24, 2.45) is 5.73 Å². The van der Waals surface area contributed by atoms with Gasteiger partial charge in [0.15, 0.2) is 0 Å². The van der Waals surface area contributed by atoms with Crippen molar-refractivity contribution in [2.45, 2.75) is 38.5 Å². The van der Waals surface area contributed by atoms with E-state index in [2.05, 4.69) is 45.0 Å². The standard InChI is InChI=1S/C19H22ClN/c1-19(2,3)12-7-8-15-16(11-12)13(9-10-21)14-5-4-6-17(20)18(14)15/h4-8,11,13H,9-10,21H2,1-3H3. The molecule has 0 aliphatic heterocycles. The minimum Gasteiger partial charge on any atom is -0.330 e. The van der Waals surface area contributed by atoms with E-state index in [9.17, 15) is 0 Å². The van der Waals surface area contributed by atoms with E-state index >= 15 is 0 Å². The van der Waals surface area contributed by atoms with Crippen LogP contribution >= 0.6 is 11.6 Å². The minimum absolute atomic E-state index is 0.154. The molecule has 0 heterocycles. The molecule has 0 radical (unpaired) electrons. The number of fused-ring (bicyclic) bond motifs is 3. The molecule has 2 N–H and O–H groups in total. The van der Waals surface area contributed by atoms with Crippen LogP contribution in [-0.4, -0.2) is 6.54 Å². The van der Waals surface area contributed by atoms with E-state index in [0.29, 0.717) is 12.5 Å². The van der Waals surface area contributed by atoms with E-state index in [0.717, 1.165) is 11.4 Å². The van der Waals surface area contributed by atoms with Gasteiger partial charge in [0.1, 0.15) is 0 Å². The topological polar surface area (TPSA) is 26.0 Å². The Morgan fingerprint density at radius 3 is 2.52 bits per heavy atom. The molecule has 1 unspecified atom stereocenters. The van der Waals surface area contributed by atoms with Crippen molar-refractivity contribution < 1.29 is 0 Å². The summed E-state index contributed by atoms with van der Waals surface area (Å²) in [5.41, 5.74) is 12.6. The SMILES string of the molecule is CC(C)(C)c1ccc2c(c1)C(CCN)c1cccc(Cl)c1-2. The highest BCUT2D eigenvalue weighted by Gasteiger charge is 2.30. The van der Waals surface area contributed by atoms with Crippen molar-refractivity contribution in [3.05, 3.63) is 58.1 Å². The van der Waals surface area contributed by atoms with E-state index in [1.54, 1.807) is 0 Å². The second kappa shape index (κ2) is 5.15. The lowest BCUT2D eigenvalue weighted by Gasteiger charge is -2.21. The molecular weight excluding hydrogens is 278 g/mol. The summed E-state index contributed by atoms with van der Waals surface area (Å²) in [5.74, 6) is 0.376. The summed E-state index contributed by atoms with van der Waals surface area (Å²) in [7, 11) is 0. The predicted molar refractivity (Wildman–Crippen MR) is 91.1 cm³/mol. The average Bonchev–Trinajstić information content (AvgIpc) is 2.74. The molecule has 0 fully saturated rings. The van der Waals surface area contributed by atoms with Crippen molar-refractivity contribution in [1.29, 1.82) is 0 Å². The van der Waals surface area contributed by atoms with Crippen LogP contribution in [0.2, 0.25) is 5.02 Å². The number of hydrogen-bond donors (Lipinski definition) is 1. The second-order valence-corrected chi connectivity index (χ2v) is 7.29. The largest absolute Gasteiger partial charge is 0.330 e. The van der Waals surface area contributed by atoms with Crippen LogP contribution < -0.4 is 5.73 Å². The highest BCUT2D eigenvalue weighted by Crippen LogP contribution is 2.49. The Morgan fingerprint density at radius 1 is 1.10 bits per heavy atom. The van der Waals surface area contributed by atoms with Crippen LogP contribution in [0.1, 0.15) is 49.8 Å². The second-order valence-electron chi connectivity index (χ2n) is 6.89. The molecule has 21 heavy (non-hydrogen) atoms. The fraction of sp³-hybridized carbons (Fsp3) is 0.368. The molecular formula is C19H22ClN. The Morgan fingerprint density at radius 2 is 1.86 bits per heavy atom. The average molecular weight is 300 g/mol. The number of benzene rings is 2. The van der Waals surface area contributed by atoms with Crippen LogP contribution in [-0.2, 0) is 5.41 Å². The minimum atomic E-state index is 0.154. The summed E-state index contributed by atoms with van der Waals surface area (Å²) in [6.07, 6.45) is 0.966. The van der Waals surface area contributed by atoms with Crippen molar-refractivity contribution >= 4 is 11.6 Å². The molecule has 1 aliphatic rings. The van der Waals surface area contributed by atoms with Crippen LogP contribution in [0.4, 0.5) is 0 Å². The molecule has 0 saturated carbocycles. The van der Waals surface area contributed by atoms with Gasteiger partial charge in [-0.05, 0) is 46.7 Å². The van der Waals surface area contributed by atoms with Crippen LogP contribution in [0, 0.1) is 0 Å². The van der Waals surface area contributed by atoms with Gasteiger partial charge in [-0.25, -0.2) is 0 Å². The first-order valence-corrected chi connectivity index (χ1v) is 7.94. The normalized spacial score (nSPS) is 16.7. The predicted octanol–water partition coefficient (Wildman–Crippen LogP) is 5.10. The molecule has 2 aromatic carbocycles.